The Morgan fingerprint density at radius 1 is 1.08 bits per heavy atom. The van der Waals surface area contributed by atoms with Crippen LogP contribution in [0.15, 0.2) is 30.3 Å². The van der Waals surface area contributed by atoms with Crippen LogP contribution in [0.2, 0.25) is 0 Å². The molecular weight excluding hydrogens is 304 g/mol. The van der Waals surface area contributed by atoms with Crippen molar-refractivity contribution in [2.45, 2.75) is 52.9 Å². The molecule has 0 bridgehead atoms. The minimum absolute atomic E-state index is 0.188. The fraction of sp³-hybridized carbons (Fsp3) is 0.600. The molecule has 0 saturated carbocycles. The van der Waals surface area contributed by atoms with E-state index in [1.807, 2.05) is 39.0 Å². The van der Waals surface area contributed by atoms with Gasteiger partial charge in [0, 0.05) is 5.92 Å². The molecule has 1 aromatic rings. The zero-order chi connectivity index (χ0) is 18.2. The van der Waals surface area contributed by atoms with E-state index in [1.54, 1.807) is 0 Å². The monoisotopic (exact) mass is 334 g/mol. The van der Waals surface area contributed by atoms with Crippen molar-refractivity contribution in [3.8, 4) is 0 Å². The Morgan fingerprint density at radius 3 is 2.21 bits per heavy atom. The molecule has 1 aromatic carbocycles. The molecule has 24 heavy (non-hydrogen) atoms. The summed E-state index contributed by atoms with van der Waals surface area (Å²) < 4.78 is 10.4. The maximum absolute atomic E-state index is 12.5. The first-order valence-electron chi connectivity index (χ1n) is 8.65. The molecule has 0 aromatic heterocycles. The lowest BCUT2D eigenvalue weighted by Gasteiger charge is -2.27. The van der Waals surface area contributed by atoms with Crippen LogP contribution >= 0.6 is 0 Å². The fourth-order valence-electron chi connectivity index (χ4n) is 2.81. The predicted octanol–water partition coefficient (Wildman–Crippen LogP) is 4.34. The van der Waals surface area contributed by atoms with Gasteiger partial charge in [-0.3, -0.25) is 9.59 Å². The van der Waals surface area contributed by atoms with Crippen molar-refractivity contribution in [1.29, 1.82) is 0 Å². The molecule has 0 aliphatic heterocycles. The summed E-state index contributed by atoms with van der Waals surface area (Å²) >= 11 is 0. The van der Waals surface area contributed by atoms with E-state index in [0.717, 1.165) is 6.42 Å². The SMILES string of the molecule is CCC(CC(C)(C)C(=O)OCC(CC)c1ccccc1)C(=O)OC. The molecule has 1 rings (SSSR count). The fourth-order valence-corrected chi connectivity index (χ4v) is 2.81. The summed E-state index contributed by atoms with van der Waals surface area (Å²) in [7, 11) is 1.38. The van der Waals surface area contributed by atoms with E-state index in [0.29, 0.717) is 19.4 Å². The summed E-state index contributed by atoms with van der Waals surface area (Å²) in [4.78, 5) is 24.3. The van der Waals surface area contributed by atoms with Crippen LogP contribution in [-0.2, 0) is 19.1 Å². The van der Waals surface area contributed by atoms with Crippen LogP contribution in [-0.4, -0.2) is 25.7 Å². The van der Waals surface area contributed by atoms with E-state index in [2.05, 4.69) is 19.1 Å². The highest BCUT2D eigenvalue weighted by atomic mass is 16.5. The number of ether oxygens (including phenoxy) is 2. The summed E-state index contributed by atoms with van der Waals surface area (Å²) in [6.07, 6.45) is 1.97. The first-order chi connectivity index (χ1) is 11.4. The topological polar surface area (TPSA) is 52.6 Å². The van der Waals surface area contributed by atoms with Gasteiger partial charge >= 0.3 is 11.9 Å². The Hall–Kier alpha value is -1.84. The quantitative estimate of drug-likeness (QED) is 0.630. The van der Waals surface area contributed by atoms with Crippen molar-refractivity contribution in [2.24, 2.45) is 11.3 Å². The maximum atomic E-state index is 12.5. The summed E-state index contributed by atoms with van der Waals surface area (Å²) in [5.41, 5.74) is 0.454. The van der Waals surface area contributed by atoms with Gasteiger partial charge in [-0.25, -0.2) is 0 Å². The van der Waals surface area contributed by atoms with Crippen molar-refractivity contribution < 1.29 is 19.1 Å². The maximum Gasteiger partial charge on any atom is 0.311 e. The molecule has 0 aliphatic carbocycles. The number of carbonyl (C=O) groups is 2. The minimum atomic E-state index is -0.718. The lowest BCUT2D eigenvalue weighted by molar-refractivity contribution is -0.157. The van der Waals surface area contributed by atoms with Crippen molar-refractivity contribution in [3.63, 3.8) is 0 Å². The molecule has 4 nitrogen and oxygen atoms in total. The van der Waals surface area contributed by atoms with Gasteiger partial charge in [-0.15, -0.1) is 0 Å². The second-order valence-corrected chi connectivity index (χ2v) is 6.83. The number of benzene rings is 1. The van der Waals surface area contributed by atoms with Gasteiger partial charge in [0.1, 0.15) is 0 Å². The van der Waals surface area contributed by atoms with E-state index >= 15 is 0 Å². The molecule has 0 aliphatic rings. The number of rotatable bonds is 9. The molecule has 2 unspecified atom stereocenters. The molecule has 0 heterocycles. The average molecular weight is 334 g/mol. The van der Waals surface area contributed by atoms with Crippen LogP contribution in [0.5, 0.6) is 0 Å². The summed E-state index contributed by atoms with van der Waals surface area (Å²) in [5, 5.41) is 0. The first-order valence-corrected chi connectivity index (χ1v) is 8.65. The third-order valence-corrected chi connectivity index (χ3v) is 4.52. The van der Waals surface area contributed by atoms with Crippen molar-refractivity contribution >= 4 is 11.9 Å². The second kappa shape index (κ2) is 9.45. The molecule has 0 saturated heterocycles. The van der Waals surface area contributed by atoms with E-state index in [-0.39, 0.29) is 23.8 Å². The van der Waals surface area contributed by atoms with Gasteiger partial charge in [-0.2, -0.15) is 0 Å². The molecule has 4 heteroatoms. The zero-order valence-electron chi connectivity index (χ0n) is 15.5. The lowest BCUT2D eigenvalue weighted by atomic mass is 9.81. The highest BCUT2D eigenvalue weighted by Crippen LogP contribution is 2.30. The van der Waals surface area contributed by atoms with Gasteiger partial charge < -0.3 is 9.47 Å². The van der Waals surface area contributed by atoms with E-state index in [4.69, 9.17) is 9.47 Å². The molecule has 2 atom stereocenters. The van der Waals surface area contributed by atoms with Crippen LogP contribution in [0.4, 0.5) is 0 Å². The normalized spacial score (nSPS) is 13.9. The molecule has 0 radical (unpaired) electrons. The number of hydrogen-bond acceptors (Lipinski definition) is 4. The van der Waals surface area contributed by atoms with Crippen LogP contribution in [0.25, 0.3) is 0 Å². The molecule has 0 spiro atoms. The second-order valence-electron chi connectivity index (χ2n) is 6.83. The highest BCUT2D eigenvalue weighted by molar-refractivity contribution is 5.78. The zero-order valence-corrected chi connectivity index (χ0v) is 15.5. The van der Waals surface area contributed by atoms with Gasteiger partial charge in [-0.05, 0) is 38.7 Å². The van der Waals surface area contributed by atoms with Gasteiger partial charge in [0.2, 0.25) is 0 Å². The Labute approximate surface area is 145 Å². The number of esters is 2. The standard InChI is InChI=1S/C20H30O4/c1-6-15(18(21)23-5)13-20(3,4)19(22)24-14-16(7-2)17-11-9-8-10-12-17/h8-12,15-16H,6-7,13-14H2,1-5H3. The summed E-state index contributed by atoms with van der Waals surface area (Å²) in [6, 6.07) is 10.1. The number of hydrogen-bond donors (Lipinski definition) is 0. The van der Waals surface area contributed by atoms with Crippen molar-refractivity contribution in [2.75, 3.05) is 13.7 Å². The Morgan fingerprint density at radius 2 is 1.71 bits per heavy atom. The van der Waals surface area contributed by atoms with Crippen LogP contribution in [0.3, 0.4) is 0 Å². The number of methoxy groups -OCH3 is 1. The average Bonchev–Trinajstić information content (AvgIpc) is 2.60. The highest BCUT2D eigenvalue weighted by Gasteiger charge is 2.35. The smallest absolute Gasteiger partial charge is 0.311 e. The van der Waals surface area contributed by atoms with Gasteiger partial charge in [0.05, 0.1) is 25.0 Å². The Bertz CT molecular complexity index is 522. The van der Waals surface area contributed by atoms with E-state index < -0.39 is 5.41 Å². The minimum Gasteiger partial charge on any atom is -0.469 e. The van der Waals surface area contributed by atoms with Crippen LogP contribution < -0.4 is 0 Å². The third-order valence-electron chi connectivity index (χ3n) is 4.52. The van der Waals surface area contributed by atoms with Gasteiger partial charge in [-0.1, -0.05) is 44.2 Å². The Balaban J connectivity index is 2.66. The van der Waals surface area contributed by atoms with Crippen LogP contribution in [0.1, 0.15) is 58.4 Å². The van der Waals surface area contributed by atoms with Crippen molar-refractivity contribution in [1.82, 2.24) is 0 Å². The van der Waals surface area contributed by atoms with Gasteiger partial charge in [0.15, 0.2) is 0 Å². The van der Waals surface area contributed by atoms with E-state index in [1.165, 1.54) is 12.7 Å². The van der Waals surface area contributed by atoms with Crippen LogP contribution in [0, 0.1) is 11.3 Å². The van der Waals surface area contributed by atoms with Crippen molar-refractivity contribution in [3.05, 3.63) is 35.9 Å². The van der Waals surface area contributed by atoms with E-state index in [9.17, 15) is 9.59 Å². The predicted molar refractivity (Wildman–Crippen MR) is 94.6 cm³/mol. The third kappa shape index (κ3) is 5.66. The van der Waals surface area contributed by atoms with Gasteiger partial charge in [0.25, 0.3) is 0 Å². The molecule has 0 N–H and O–H groups in total. The largest absolute Gasteiger partial charge is 0.469 e. The molecule has 0 amide bonds. The summed E-state index contributed by atoms with van der Waals surface area (Å²) in [6.45, 7) is 8.01. The first kappa shape index (κ1) is 20.2. The molecular formula is C20H30O4. The molecule has 134 valence electrons. The summed E-state index contributed by atoms with van der Waals surface area (Å²) in [5.74, 6) is -0.629. The Kier molecular flexibility index (Phi) is 7.96. The number of carbonyl (C=O) groups excluding carboxylic acids is 2. The molecule has 0 fully saturated rings. The lowest BCUT2D eigenvalue weighted by Crippen LogP contribution is -2.32.